The molecule has 1 rings (SSSR count). The van der Waals surface area contributed by atoms with Crippen molar-refractivity contribution < 1.29 is 22.6 Å². The van der Waals surface area contributed by atoms with Crippen LogP contribution < -0.4 is 4.74 Å². The van der Waals surface area contributed by atoms with E-state index in [4.69, 9.17) is 21.1 Å². The average molecular weight is 256 g/mol. The third-order valence-electron chi connectivity index (χ3n) is 1.66. The van der Waals surface area contributed by atoms with Crippen molar-refractivity contribution in [1.82, 2.24) is 4.98 Å². The summed E-state index contributed by atoms with van der Waals surface area (Å²) >= 11 is 5.59. The molecule has 16 heavy (non-hydrogen) atoms. The van der Waals surface area contributed by atoms with Crippen molar-refractivity contribution in [2.75, 3.05) is 20.3 Å². The maximum absolute atomic E-state index is 12.2. The first-order valence-corrected chi connectivity index (χ1v) is 4.67. The number of hydrogen-bond donors (Lipinski definition) is 0. The van der Waals surface area contributed by atoms with Gasteiger partial charge < -0.3 is 9.47 Å². The first-order valence-electron chi connectivity index (χ1n) is 4.29. The van der Waals surface area contributed by atoms with Crippen LogP contribution in [0.15, 0.2) is 12.3 Å². The summed E-state index contributed by atoms with van der Waals surface area (Å²) in [6.07, 6.45) is -3.78. The molecular formula is C9H9ClF3NO2. The molecule has 90 valence electrons. The van der Waals surface area contributed by atoms with Gasteiger partial charge >= 0.3 is 6.18 Å². The minimum atomic E-state index is -4.46. The lowest BCUT2D eigenvalue weighted by molar-refractivity contribution is -0.137. The Morgan fingerprint density at radius 2 is 2.06 bits per heavy atom. The van der Waals surface area contributed by atoms with E-state index >= 15 is 0 Å². The van der Waals surface area contributed by atoms with Gasteiger partial charge in [-0.15, -0.1) is 0 Å². The molecule has 0 bridgehead atoms. The highest BCUT2D eigenvalue weighted by atomic mass is 35.5. The molecule has 0 amide bonds. The zero-order valence-electron chi connectivity index (χ0n) is 8.34. The van der Waals surface area contributed by atoms with E-state index in [1.165, 1.54) is 7.11 Å². The predicted molar refractivity (Wildman–Crippen MR) is 51.6 cm³/mol. The summed E-state index contributed by atoms with van der Waals surface area (Å²) in [4.78, 5) is 3.49. The zero-order valence-corrected chi connectivity index (χ0v) is 9.10. The van der Waals surface area contributed by atoms with Crippen LogP contribution in [0.2, 0.25) is 5.02 Å². The van der Waals surface area contributed by atoms with Gasteiger partial charge in [-0.2, -0.15) is 13.2 Å². The number of ether oxygens (including phenoxy) is 2. The topological polar surface area (TPSA) is 31.4 Å². The van der Waals surface area contributed by atoms with Crippen LogP contribution in [0.5, 0.6) is 5.88 Å². The van der Waals surface area contributed by atoms with Crippen LogP contribution in [-0.4, -0.2) is 25.3 Å². The van der Waals surface area contributed by atoms with E-state index in [1.807, 2.05) is 0 Å². The summed E-state index contributed by atoms with van der Waals surface area (Å²) in [7, 11) is 1.48. The second-order valence-electron chi connectivity index (χ2n) is 2.85. The molecule has 0 saturated carbocycles. The van der Waals surface area contributed by atoms with Gasteiger partial charge in [0.25, 0.3) is 0 Å². The highest BCUT2D eigenvalue weighted by Gasteiger charge is 2.31. The second kappa shape index (κ2) is 5.36. The van der Waals surface area contributed by atoms with Crippen LogP contribution in [0.25, 0.3) is 0 Å². The number of aromatic nitrogens is 1. The van der Waals surface area contributed by atoms with Gasteiger partial charge in [0.1, 0.15) is 11.6 Å². The summed E-state index contributed by atoms with van der Waals surface area (Å²) in [6, 6.07) is 0.774. The van der Waals surface area contributed by atoms with Crippen molar-refractivity contribution in [3.63, 3.8) is 0 Å². The van der Waals surface area contributed by atoms with Gasteiger partial charge in [0, 0.05) is 13.3 Å². The van der Waals surface area contributed by atoms with E-state index in [9.17, 15) is 13.2 Å². The molecule has 0 aliphatic rings. The van der Waals surface area contributed by atoms with Crippen LogP contribution in [0, 0.1) is 0 Å². The summed E-state index contributed by atoms with van der Waals surface area (Å²) in [5.41, 5.74) is -0.906. The molecule has 0 unspecified atom stereocenters. The molecule has 0 atom stereocenters. The van der Waals surface area contributed by atoms with E-state index in [-0.39, 0.29) is 17.5 Å². The highest BCUT2D eigenvalue weighted by Crippen LogP contribution is 2.32. The molecule has 0 radical (unpaired) electrons. The van der Waals surface area contributed by atoms with Crippen molar-refractivity contribution >= 4 is 11.6 Å². The number of rotatable bonds is 4. The van der Waals surface area contributed by atoms with E-state index in [0.29, 0.717) is 12.8 Å². The minimum absolute atomic E-state index is 0.0354. The number of hydrogen-bond acceptors (Lipinski definition) is 3. The molecule has 1 aromatic heterocycles. The Balaban J connectivity index is 2.76. The van der Waals surface area contributed by atoms with Crippen LogP contribution in [-0.2, 0) is 10.9 Å². The Morgan fingerprint density at radius 1 is 1.38 bits per heavy atom. The fourth-order valence-electron chi connectivity index (χ4n) is 0.908. The quantitative estimate of drug-likeness (QED) is 0.776. The van der Waals surface area contributed by atoms with Gasteiger partial charge in [-0.3, -0.25) is 0 Å². The lowest BCUT2D eigenvalue weighted by atomic mass is 10.3. The fraction of sp³-hybridized carbons (Fsp3) is 0.444. The first-order chi connectivity index (χ1) is 7.45. The van der Waals surface area contributed by atoms with E-state index in [1.54, 1.807) is 0 Å². The SMILES string of the molecule is COCCOc1ncc(C(F)(F)F)cc1Cl. The number of nitrogens with zero attached hydrogens (tertiary/aromatic N) is 1. The van der Waals surface area contributed by atoms with Gasteiger partial charge in [-0.1, -0.05) is 11.6 Å². The Kier molecular flexibility index (Phi) is 4.37. The van der Waals surface area contributed by atoms with Crippen LogP contribution >= 0.6 is 11.6 Å². The van der Waals surface area contributed by atoms with Crippen LogP contribution in [0.4, 0.5) is 13.2 Å². The van der Waals surface area contributed by atoms with Crippen molar-refractivity contribution in [2.45, 2.75) is 6.18 Å². The van der Waals surface area contributed by atoms with Crippen LogP contribution in [0.3, 0.4) is 0 Å². The third kappa shape index (κ3) is 3.53. The Hall–Kier alpha value is -1.01. The molecule has 0 fully saturated rings. The summed E-state index contributed by atoms with van der Waals surface area (Å²) in [5.74, 6) is -0.0354. The minimum Gasteiger partial charge on any atom is -0.474 e. The van der Waals surface area contributed by atoms with Gasteiger partial charge in [0.15, 0.2) is 0 Å². The summed E-state index contributed by atoms with van der Waals surface area (Å²) < 4.78 is 46.5. The van der Waals surface area contributed by atoms with Crippen LogP contribution in [0.1, 0.15) is 5.56 Å². The second-order valence-corrected chi connectivity index (χ2v) is 3.26. The first kappa shape index (κ1) is 13.1. The molecule has 1 aromatic rings. The fourth-order valence-corrected chi connectivity index (χ4v) is 1.13. The standard InChI is InChI=1S/C9H9ClF3NO2/c1-15-2-3-16-8-7(10)4-6(5-14-8)9(11,12)13/h4-5H,2-3H2,1H3. The molecule has 0 aliphatic carbocycles. The highest BCUT2D eigenvalue weighted by molar-refractivity contribution is 6.31. The lowest BCUT2D eigenvalue weighted by Gasteiger charge is -2.09. The lowest BCUT2D eigenvalue weighted by Crippen LogP contribution is -2.08. The van der Waals surface area contributed by atoms with E-state index in [2.05, 4.69) is 4.98 Å². The molecule has 0 saturated heterocycles. The molecule has 0 spiro atoms. The maximum Gasteiger partial charge on any atom is 0.417 e. The predicted octanol–water partition coefficient (Wildman–Crippen LogP) is 2.78. The molecule has 3 nitrogen and oxygen atoms in total. The van der Waals surface area contributed by atoms with E-state index < -0.39 is 11.7 Å². The Labute approximate surface area is 95.1 Å². The summed E-state index contributed by atoms with van der Waals surface area (Å²) in [6.45, 7) is 0.480. The smallest absolute Gasteiger partial charge is 0.417 e. The maximum atomic E-state index is 12.2. The monoisotopic (exact) mass is 255 g/mol. The van der Waals surface area contributed by atoms with Gasteiger partial charge in [0.2, 0.25) is 5.88 Å². The summed E-state index contributed by atoms with van der Waals surface area (Å²) in [5, 5.41) is -0.175. The Bertz CT molecular complexity index is 357. The normalized spacial score (nSPS) is 11.6. The zero-order chi connectivity index (χ0) is 12.2. The van der Waals surface area contributed by atoms with Gasteiger partial charge in [0.05, 0.1) is 12.2 Å². The van der Waals surface area contributed by atoms with E-state index in [0.717, 1.165) is 6.07 Å². The molecule has 0 aliphatic heterocycles. The molecule has 0 aromatic carbocycles. The molecule has 7 heteroatoms. The number of methoxy groups -OCH3 is 1. The molecular weight excluding hydrogens is 247 g/mol. The number of pyridine rings is 1. The average Bonchev–Trinajstić information content (AvgIpc) is 2.19. The molecule has 0 N–H and O–H groups in total. The van der Waals surface area contributed by atoms with Gasteiger partial charge in [-0.25, -0.2) is 4.98 Å². The van der Waals surface area contributed by atoms with Crippen molar-refractivity contribution in [2.24, 2.45) is 0 Å². The van der Waals surface area contributed by atoms with Gasteiger partial charge in [-0.05, 0) is 6.07 Å². The third-order valence-corrected chi connectivity index (χ3v) is 1.93. The number of alkyl halides is 3. The van der Waals surface area contributed by atoms with Crippen molar-refractivity contribution in [3.05, 3.63) is 22.8 Å². The number of halogens is 4. The van der Waals surface area contributed by atoms with Crippen molar-refractivity contribution in [1.29, 1.82) is 0 Å². The Morgan fingerprint density at radius 3 is 2.56 bits per heavy atom. The molecule has 1 heterocycles. The van der Waals surface area contributed by atoms with Crippen molar-refractivity contribution in [3.8, 4) is 5.88 Å². The largest absolute Gasteiger partial charge is 0.474 e.